The van der Waals surface area contributed by atoms with Gasteiger partial charge in [-0.15, -0.1) is 0 Å². The van der Waals surface area contributed by atoms with E-state index in [-0.39, 0.29) is 0 Å². The van der Waals surface area contributed by atoms with Gasteiger partial charge in [0.15, 0.2) is 0 Å². The van der Waals surface area contributed by atoms with Crippen molar-refractivity contribution in [2.45, 2.75) is 33.3 Å². The van der Waals surface area contributed by atoms with Gasteiger partial charge in [-0.3, -0.25) is 0 Å². The van der Waals surface area contributed by atoms with E-state index in [4.69, 9.17) is 4.74 Å². The van der Waals surface area contributed by atoms with Crippen LogP contribution in [-0.2, 0) is 4.74 Å². The maximum Gasteiger partial charge on any atom is 0.102 e. The van der Waals surface area contributed by atoms with Gasteiger partial charge in [0.25, 0.3) is 0 Å². The molecule has 0 radical (unpaired) electrons. The van der Waals surface area contributed by atoms with Crippen LogP contribution in [0.1, 0.15) is 27.2 Å². The SMILES string of the molecule is CC1=COC(C)C2C(C)=CCC12. The first kappa shape index (κ1) is 7.90. The molecule has 1 aliphatic heterocycles. The van der Waals surface area contributed by atoms with E-state index in [0.717, 1.165) is 5.92 Å². The smallest absolute Gasteiger partial charge is 0.102 e. The Morgan fingerprint density at radius 2 is 2.08 bits per heavy atom. The molecule has 0 aromatic rings. The quantitative estimate of drug-likeness (QED) is 0.500. The zero-order chi connectivity index (χ0) is 8.72. The van der Waals surface area contributed by atoms with E-state index in [0.29, 0.717) is 12.0 Å². The lowest BCUT2D eigenvalue weighted by atomic mass is 9.82. The average molecular weight is 164 g/mol. The van der Waals surface area contributed by atoms with Gasteiger partial charge in [0.1, 0.15) is 6.10 Å². The van der Waals surface area contributed by atoms with Gasteiger partial charge in [-0.1, -0.05) is 11.6 Å². The van der Waals surface area contributed by atoms with Crippen LogP contribution in [0.3, 0.4) is 0 Å². The largest absolute Gasteiger partial charge is 0.498 e. The highest BCUT2D eigenvalue weighted by Crippen LogP contribution is 2.42. The molecule has 1 nitrogen and oxygen atoms in total. The van der Waals surface area contributed by atoms with Gasteiger partial charge in [-0.2, -0.15) is 0 Å². The molecule has 0 aromatic carbocycles. The second-order valence-electron chi connectivity index (χ2n) is 4.02. The van der Waals surface area contributed by atoms with Crippen molar-refractivity contribution in [1.82, 2.24) is 0 Å². The molecule has 1 heterocycles. The molecule has 0 bridgehead atoms. The van der Waals surface area contributed by atoms with Gasteiger partial charge in [0.05, 0.1) is 6.26 Å². The van der Waals surface area contributed by atoms with Crippen LogP contribution in [0.2, 0.25) is 0 Å². The van der Waals surface area contributed by atoms with Gasteiger partial charge in [-0.25, -0.2) is 0 Å². The summed E-state index contributed by atoms with van der Waals surface area (Å²) in [5, 5.41) is 0. The average Bonchev–Trinajstić information content (AvgIpc) is 2.42. The Morgan fingerprint density at radius 1 is 1.33 bits per heavy atom. The van der Waals surface area contributed by atoms with E-state index in [1.165, 1.54) is 17.6 Å². The van der Waals surface area contributed by atoms with E-state index < -0.39 is 0 Å². The second kappa shape index (κ2) is 2.65. The van der Waals surface area contributed by atoms with Crippen molar-refractivity contribution < 1.29 is 4.74 Å². The number of fused-ring (bicyclic) bond motifs is 1. The number of hydrogen-bond acceptors (Lipinski definition) is 1. The fraction of sp³-hybridized carbons (Fsp3) is 0.636. The molecular weight excluding hydrogens is 148 g/mol. The van der Waals surface area contributed by atoms with Crippen LogP contribution in [-0.4, -0.2) is 6.10 Å². The Labute approximate surface area is 74.1 Å². The summed E-state index contributed by atoms with van der Waals surface area (Å²) in [5.74, 6) is 1.38. The summed E-state index contributed by atoms with van der Waals surface area (Å²) < 4.78 is 5.57. The van der Waals surface area contributed by atoms with Gasteiger partial charge < -0.3 is 4.74 Å². The Balaban J connectivity index is 2.29. The molecule has 0 saturated heterocycles. The van der Waals surface area contributed by atoms with Gasteiger partial charge >= 0.3 is 0 Å². The van der Waals surface area contributed by atoms with Crippen molar-refractivity contribution in [1.29, 1.82) is 0 Å². The van der Waals surface area contributed by atoms with Crippen LogP contribution in [0.25, 0.3) is 0 Å². The third-order valence-corrected chi connectivity index (χ3v) is 3.21. The summed E-state index contributed by atoms with van der Waals surface area (Å²) in [6, 6.07) is 0. The van der Waals surface area contributed by atoms with Crippen molar-refractivity contribution >= 4 is 0 Å². The maximum atomic E-state index is 5.57. The van der Waals surface area contributed by atoms with E-state index in [1.54, 1.807) is 0 Å². The fourth-order valence-electron chi connectivity index (χ4n) is 2.47. The van der Waals surface area contributed by atoms with Crippen LogP contribution in [0.15, 0.2) is 23.5 Å². The summed E-state index contributed by atoms with van der Waals surface area (Å²) in [5.41, 5.74) is 2.92. The lowest BCUT2D eigenvalue weighted by Crippen LogP contribution is -2.29. The topological polar surface area (TPSA) is 9.23 Å². The maximum absolute atomic E-state index is 5.57. The van der Waals surface area contributed by atoms with Crippen molar-refractivity contribution in [3.05, 3.63) is 23.5 Å². The third kappa shape index (κ3) is 0.996. The minimum absolute atomic E-state index is 0.373. The minimum atomic E-state index is 0.373. The highest BCUT2D eigenvalue weighted by Gasteiger charge is 2.36. The summed E-state index contributed by atoms with van der Waals surface area (Å²) in [4.78, 5) is 0. The molecule has 1 aliphatic carbocycles. The molecule has 0 aromatic heterocycles. The molecule has 12 heavy (non-hydrogen) atoms. The van der Waals surface area contributed by atoms with Crippen molar-refractivity contribution in [2.24, 2.45) is 11.8 Å². The lowest BCUT2D eigenvalue weighted by molar-refractivity contribution is 0.0779. The third-order valence-electron chi connectivity index (χ3n) is 3.21. The molecule has 66 valence electrons. The molecule has 2 rings (SSSR count). The monoisotopic (exact) mass is 164 g/mol. The first-order valence-corrected chi connectivity index (χ1v) is 4.69. The highest BCUT2D eigenvalue weighted by atomic mass is 16.5. The molecule has 0 spiro atoms. The zero-order valence-electron chi connectivity index (χ0n) is 8.00. The molecule has 2 aliphatic rings. The van der Waals surface area contributed by atoms with Crippen LogP contribution in [0.4, 0.5) is 0 Å². The summed E-state index contributed by atoms with van der Waals surface area (Å²) >= 11 is 0. The Hall–Kier alpha value is -0.720. The summed E-state index contributed by atoms with van der Waals surface area (Å²) in [6.07, 6.45) is 5.89. The van der Waals surface area contributed by atoms with Crippen LogP contribution >= 0.6 is 0 Å². The molecule has 0 fully saturated rings. The first-order valence-electron chi connectivity index (χ1n) is 4.69. The van der Waals surface area contributed by atoms with E-state index >= 15 is 0 Å². The minimum Gasteiger partial charge on any atom is -0.498 e. The Bertz CT molecular complexity index is 250. The van der Waals surface area contributed by atoms with Gasteiger partial charge in [-0.05, 0) is 38.7 Å². The summed E-state index contributed by atoms with van der Waals surface area (Å²) in [7, 11) is 0. The second-order valence-corrected chi connectivity index (χ2v) is 4.02. The predicted octanol–water partition coefficient (Wildman–Crippen LogP) is 2.89. The van der Waals surface area contributed by atoms with Crippen LogP contribution in [0, 0.1) is 11.8 Å². The number of hydrogen-bond donors (Lipinski definition) is 0. The number of allylic oxidation sites excluding steroid dienone is 2. The first-order chi connectivity index (χ1) is 5.70. The van der Waals surface area contributed by atoms with Gasteiger partial charge in [0.2, 0.25) is 0 Å². The zero-order valence-corrected chi connectivity index (χ0v) is 8.00. The van der Waals surface area contributed by atoms with Crippen LogP contribution < -0.4 is 0 Å². The molecule has 0 amide bonds. The van der Waals surface area contributed by atoms with E-state index in [9.17, 15) is 0 Å². The molecule has 1 heteroatoms. The molecular formula is C11H16O. The van der Waals surface area contributed by atoms with Crippen molar-refractivity contribution in [3.8, 4) is 0 Å². The molecule has 3 atom stereocenters. The Morgan fingerprint density at radius 3 is 2.75 bits per heavy atom. The van der Waals surface area contributed by atoms with Crippen molar-refractivity contribution in [3.63, 3.8) is 0 Å². The fourth-order valence-corrected chi connectivity index (χ4v) is 2.47. The number of ether oxygens (including phenoxy) is 1. The highest BCUT2D eigenvalue weighted by molar-refractivity contribution is 5.23. The van der Waals surface area contributed by atoms with Gasteiger partial charge in [0, 0.05) is 5.92 Å². The normalized spacial score (nSPS) is 39.8. The van der Waals surface area contributed by atoms with Crippen LogP contribution in [0.5, 0.6) is 0 Å². The van der Waals surface area contributed by atoms with Crippen molar-refractivity contribution in [2.75, 3.05) is 0 Å². The molecule has 0 saturated carbocycles. The Kier molecular flexibility index (Phi) is 1.75. The lowest BCUT2D eigenvalue weighted by Gasteiger charge is -2.32. The van der Waals surface area contributed by atoms with E-state index in [2.05, 4.69) is 26.8 Å². The predicted molar refractivity (Wildman–Crippen MR) is 49.7 cm³/mol. The van der Waals surface area contributed by atoms with E-state index in [1.807, 2.05) is 6.26 Å². The molecule has 0 N–H and O–H groups in total. The molecule has 3 unspecified atom stereocenters. The summed E-state index contributed by atoms with van der Waals surface area (Å²) in [6.45, 7) is 6.57. The standard InChI is InChI=1S/C11H16O/c1-7-4-5-10-8(2)6-12-9(3)11(7)10/h4,6,9-11H,5H2,1-3H3. The number of rotatable bonds is 0.